The van der Waals surface area contributed by atoms with E-state index in [-0.39, 0.29) is 11.9 Å². The summed E-state index contributed by atoms with van der Waals surface area (Å²) in [6.45, 7) is 1.45. The van der Waals surface area contributed by atoms with Gasteiger partial charge in [0.15, 0.2) is 0 Å². The molecule has 2 rings (SSSR count). The van der Waals surface area contributed by atoms with E-state index in [0.717, 1.165) is 32.5 Å². The topological polar surface area (TPSA) is 64.4 Å². The predicted molar refractivity (Wildman–Crippen MR) is 74.7 cm³/mol. The highest BCUT2D eigenvalue weighted by Gasteiger charge is 2.19. The average Bonchev–Trinajstić information content (AvgIpc) is 2.47. The van der Waals surface area contributed by atoms with E-state index in [1.807, 2.05) is 18.2 Å². The summed E-state index contributed by atoms with van der Waals surface area (Å²) in [5.74, 6) is -0.0390. The van der Waals surface area contributed by atoms with Gasteiger partial charge >= 0.3 is 0 Å². The van der Waals surface area contributed by atoms with Crippen molar-refractivity contribution in [3.63, 3.8) is 0 Å². The second-order valence-corrected chi connectivity index (χ2v) is 5.03. The van der Waals surface area contributed by atoms with E-state index in [0.29, 0.717) is 6.42 Å². The SMILES string of the molecule is N[C@@H](CCc1ccccc1)C(=O)NC1CCOCC1. The number of ether oxygens (including phenoxy) is 1. The minimum absolute atomic E-state index is 0.0390. The zero-order valence-electron chi connectivity index (χ0n) is 11.2. The molecule has 0 radical (unpaired) electrons. The quantitative estimate of drug-likeness (QED) is 0.839. The fourth-order valence-electron chi connectivity index (χ4n) is 2.25. The van der Waals surface area contributed by atoms with Crippen molar-refractivity contribution in [2.75, 3.05) is 13.2 Å². The predicted octanol–water partition coefficient (Wildman–Crippen LogP) is 1.24. The number of amides is 1. The summed E-state index contributed by atoms with van der Waals surface area (Å²) in [5, 5.41) is 3.01. The third kappa shape index (κ3) is 4.65. The monoisotopic (exact) mass is 262 g/mol. The Morgan fingerprint density at radius 3 is 2.68 bits per heavy atom. The van der Waals surface area contributed by atoms with Crippen LogP contribution in [0.15, 0.2) is 30.3 Å². The zero-order chi connectivity index (χ0) is 13.5. The number of hydrogen-bond acceptors (Lipinski definition) is 3. The molecule has 3 N–H and O–H groups in total. The highest BCUT2D eigenvalue weighted by molar-refractivity contribution is 5.81. The highest BCUT2D eigenvalue weighted by atomic mass is 16.5. The van der Waals surface area contributed by atoms with Crippen molar-refractivity contribution in [3.8, 4) is 0 Å². The summed E-state index contributed by atoms with van der Waals surface area (Å²) in [6.07, 6.45) is 3.29. The van der Waals surface area contributed by atoms with Crippen LogP contribution in [0.1, 0.15) is 24.8 Å². The largest absolute Gasteiger partial charge is 0.381 e. The standard InChI is InChI=1S/C15H22N2O2/c16-14(7-6-12-4-2-1-3-5-12)15(18)17-13-8-10-19-11-9-13/h1-5,13-14H,6-11,16H2,(H,17,18)/t14-/m0/s1. The molecule has 0 saturated carbocycles. The summed E-state index contributed by atoms with van der Waals surface area (Å²) in [6, 6.07) is 9.91. The molecule has 1 aromatic carbocycles. The Balaban J connectivity index is 1.72. The molecular formula is C15H22N2O2. The molecule has 0 unspecified atom stereocenters. The first kappa shape index (κ1) is 14.0. The van der Waals surface area contributed by atoms with Crippen LogP contribution in [0.5, 0.6) is 0 Å². The lowest BCUT2D eigenvalue weighted by Crippen LogP contribution is -2.47. The number of rotatable bonds is 5. The number of aryl methyl sites for hydroxylation is 1. The summed E-state index contributed by atoms with van der Waals surface area (Å²) in [5.41, 5.74) is 7.16. The van der Waals surface area contributed by atoms with Gasteiger partial charge in [0, 0.05) is 19.3 Å². The molecule has 104 valence electrons. The van der Waals surface area contributed by atoms with Crippen LogP contribution < -0.4 is 11.1 Å². The Morgan fingerprint density at radius 1 is 1.32 bits per heavy atom. The first-order valence-electron chi connectivity index (χ1n) is 6.93. The molecule has 1 fully saturated rings. The van der Waals surface area contributed by atoms with Gasteiger partial charge < -0.3 is 15.8 Å². The number of benzene rings is 1. The lowest BCUT2D eigenvalue weighted by Gasteiger charge is -2.24. The van der Waals surface area contributed by atoms with Crippen LogP contribution in [0.3, 0.4) is 0 Å². The first-order chi connectivity index (χ1) is 9.25. The molecule has 1 saturated heterocycles. The van der Waals surface area contributed by atoms with Gasteiger partial charge in [-0.05, 0) is 31.2 Å². The molecule has 1 aliphatic rings. The zero-order valence-corrected chi connectivity index (χ0v) is 11.2. The van der Waals surface area contributed by atoms with Gasteiger partial charge in [-0.2, -0.15) is 0 Å². The normalized spacial score (nSPS) is 17.9. The minimum atomic E-state index is -0.428. The molecule has 4 nitrogen and oxygen atoms in total. The summed E-state index contributed by atoms with van der Waals surface area (Å²) < 4.78 is 5.26. The molecule has 0 spiro atoms. The van der Waals surface area contributed by atoms with Crippen LogP contribution in [0.2, 0.25) is 0 Å². The van der Waals surface area contributed by atoms with Crippen molar-refractivity contribution in [1.82, 2.24) is 5.32 Å². The van der Waals surface area contributed by atoms with Crippen molar-refractivity contribution < 1.29 is 9.53 Å². The lowest BCUT2D eigenvalue weighted by atomic mass is 10.0. The number of nitrogens with one attached hydrogen (secondary N) is 1. The van der Waals surface area contributed by atoms with Crippen molar-refractivity contribution in [2.24, 2.45) is 5.73 Å². The lowest BCUT2D eigenvalue weighted by molar-refractivity contribution is -0.123. The Kier molecular flexibility index (Phi) is 5.36. The molecule has 0 aliphatic carbocycles. The van der Waals surface area contributed by atoms with Gasteiger partial charge in [-0.15, -0.1) is 0 Å². The van der Waals surface area contributed by atoms with Gasteiger partial charge in [-0.3, -0.25) is 4.79 Å². The van der Waals surface area contributed by atoms with E-state index in [1.54, 1.807) is 0 Å². The average molecular weight is 262 g/mol. The molecule has 1 aromatic rings. The van der Waals surface area contributed by atoms with Gasteiger partial charge in [0.1, 0.15) is 0 Å². The van der Waals surface area contributed by atoms with E-state index in [4.69, 9.17) is 10.5 Å². The fraction of sp³-hybridized carbons (Fsp3) is 0.533. The van der Waals surface area contributed by atoms with Crippen LogP contribution in [-0.2, 0) is 16.0 Å². The molecule has 19 heavy (non-hydrogen) atoms. The maximum absolute atomic E-state index is 12.0. The van der Waals surface area contributed by atoms with Gasteiger partial charge in [0.25, 0.3) is 0 Å². The van der Waals surface area contributed by atoms with E-state index >= 15 is 0 Å². The number of carbonyl (C=O) groups is 1. The molecule has 1 heterocycles. The van der Waals surface area contributed by atoms with Crippen LogP contribution in [0, 0.1) is 0 Å². The maximum Gasteiger partial charge on any atom is 0.237 e. The smallest absolute Gasteiger partial charge is 0.237 e. The van der Waals surface area contributed by atoms with Gasteiger partial charge in [0.2, 0.25) is 5.91 Å². The Hall–Kier alpha value is -1.39. The van der Waals surface area contributed by atoms with Crippen molar-refractivity contribution in [3.05, 3.63) is 35.9 Å². The second-order valence-electron chi connectivity index (χ2n) is 5.03. The molecule has 1 aliphatic heterocycles. The van der Waals surface area contributed by atoms with E-state index in [9.17, 15) is 4.79 Å². The maximum atomic E-state index is 12.0. The van der Waals surface area contributed by atoms with Gasteiger partial charge in [0.05, 0.1) is 6.04 Å². The third-order valence-electron chi connectivity index (χ3n) is 3.49. The fourth-order valence-corrected chi connectivity index (χ4v) is 2.25. The second kappa shape index (κ2) is 7.26. The van der Waals surface area contributed by atoms with Crippen molar-refractivity contribution in [2.45, 2.75) is 37.8 Å². The van der Waals surface area contributed by atoms with E-state index < -0.39 is 6.04 Å². The Bertz CT molecular complexity index is 388. The van der Waals surface area contributed by atoms with Crippen LogP contribution in [0.4, 0.5) is 0 Å². The molecule has 0 aromatic heterocycles. The molecule has 1 atom stereocenters. The number of nitrogens with two attached hydrogens (primary N) is 1. The van der Waals surface area contributed by atoms with Crippen molar-refractivity contribution >= 4 is 5.91 Å². The molecule has 1 amide bonds. The Morgan fingerprint density at radius 2 is 2.00 bits per heavy atom. The third-order valence-corrected chi connectivity index (χ3v) is 3.49. The van der Waals surface area contributed by atoms with E-state index in [2.05, 4.69) is 17.4 Å². The van der Waals surface area contributed by atoms with Crippen LogP contribution in [-0.4, -0.2) is 31.2 Å². The number of carbonyl (C=O) groups excluding carboxylic acids is 1. The van der Waals surface area contributed by atoms with Crippen LogP contribution >= 0.6 is 0 Å². The molecular weight excluding hydrogens is 240 g/mol. The minimum Gasteiger partial charge on any atom is -0.381 e. The molecule has 0 bridgehead atoms. The first-order valence-corrected chi connectivity index (χ1v) is 6.93. The molecule has 4 heteroatoms. The summed E-state index contributed by atoms with van der Waals surface area (Å²) >= 11 is 0. The number of hydrogen-bond donors (Lipinski definition) is 2. The van der Waals surface area contributed by atoms with E-state index in [1.165, 1.54) is 5.56 Å². The van der Waals surface area contributed by atoms with Gasteiger partial charge in [-0.1, -0.05) is 30.3 Å². The summed E-state index contributed by atoms with van der Waals surface area (Å²) in [4.78, 5) is 12.0. The Labute approximate surface area is 114 Å². The summed E-state index contributed by atoms with van der Waals surface area (Å²) in [7, 11) is 0. The van der Waals surface area contributed by atoms with Gasteiger partial charge in [-0.25, -0.2) is 0 Å². The highest BCUT2D eigenvalue weighted by Crippen LogP contribution is 2.08. The van der Waals surface area contributed by atoms with Crippen molar-refractivity contribution in [1.29, 1.82) is 0 Å². The van der Waals surface area contributed by atoms with Crippen LogP contribution in [0.25, 0.3) is 0 Å².